The van der Waals surface area contributed by atoms with E-state index in [1.165, 1.54) is 43.0 Å². The van der Waals surface area contributed by atoms with Gasteiger partial charge in [-0.05, 0) is 146 Å². The Morgan fingerprint density at radius 2 is 0.856 bits per heavy atom. The molecule has 0 fully saturated rings. The van der Waals surface area contributed by atoms with Gasteiger partial charge in [-0.2, -0.15) is 11.8 Å². The van der Waals surface area contributed by atoms with E-state index in [2.05, 4.69) is 63.8 Å². The van der Waals surface area contributed by atoms with E-state index in [0.717, 1.165) is 6.92 Å². The van der Waals surface area contributed by atoms with Crippen LogP contribution >= 0.6 is 11.8 Å². The number of aliphatic hydroxyl groups is 1. The van der Waals surface area contributed by atoms with Gasteiger partial charge in [0, 0.05) is 25.4 Å². The van der Waals surface area contributed by atoms with Crippen LogP contribution in [0.3, 0.4) is 0 Å². The van der Waals surface area contributed by atoms with Crippen molar-refractivity contribution in [1.82, 2.24) is 63.8 Å². The number of phenolic OH excluding ortho intramolecular Hbond substituents is 1. The summed E-state index contributed by atoms with van der Waals surface area (Å²) in [5, 5.41) is 76.7. The van der Waals surface area contributed by atoms with Gasteiger partial charge in [0.1, 0.15) is 66.2 Å². The number of aromatic hydroxyl groups is 1. The average Bonchev–Trinajstić information content (AvgIpc) is 0.961. The molecule has 0 aliphatic carbocycles. The maximum absolute atomic E-state index is 14.5. The minimum absolute atomic E-state index is 0.0215. The lowest BCUT2D eigenvalue weighted by Gasteiger charge is -2.28. The summed E-state index contributed by atoms with van der Waals surface area (Å²) in [5.41, 5.74) is 28.3. The van der Waals surface area contributed by atoms with Gasteiger partial charge in [0.25, 0.3) is 0 Å². The van der Waals surface area contributed by atoms with Gasteiger partial charge in [-0.25, -0.2) is 0 Å². The first-order valence-corrected chi connectivity index (χ1v) is 34.1. The Bertz CT molecular complexity index is 2750. The van der Waals surface area contributed by atoms with Crippen LogP contribution in [0.1, 0.15) is 144 Å². The third-order valence-corrected chi connectivity index (χ3v) is 15.8. The van der Waals surface area contributed by atoms with Crippen molar-refractivity contribution in [2.45, 2.75) is 211 Å². The number of hydrogen-bond donors (Lipinski definition) is 22. The molecule has 1 aromatic rings. The molecule has 34 nitrogen and oxygen atoms in total. The van der Waals surface area contributed by atoms with Gasteiger partial charge < -0.3 is 108 Å². The molecule has 0 saturated heterocycles. The first-order valence-electron chi connectivity index (χ1n) is 32.7. The van der Waals surface area contributed by atoms with Crippen LogP contribution in [0, 0.1) is 28.6 Å². The molecular weight excluding hydrogens is 1280 g/mol. The second-order valence-corrected chi connectivity index (χ2v) is 25.8. The maximum Gasteiger partial charge on any atom is 0.305 e. The summed E-state index contributed by atoms with van der Waals surface area (Å²) in [7, 11) is 0. The van der Waals surface area contributed by atoms with Gasteiger partial charge in [0.15, 0.2) is 11.9 Å². The molecule has 0 saturated carbocycles. The van der Waals surface area contributed by atoms with Gasteiger partial charge in [0.05, 0.1) is 12.5 Å². The van der Waals surface area contributed by atoms with Crippen molar-refractivity contribution < 1.29 is 72.9 Å². The molecule has 97 heavy (non-hydrogen) atoms. The van der Waals surface area contributed by atoms with E-state index in [1.807, 2.05) is 13.8 Å². The van der Waals surface area contributed by atoms with E-state index in [1.54, 1.807) is 27.0 Å². The first kappa shape index (κ1) is 86.4. The summed E-state index contributed by atoms with van der Waals surface area (Å²) in [6.45, 7) is 12.3. The van der Waals surface area contributed by atoms with Gasteiger partial charge in [0.2, 0.25) is 65.0 Å². The number of carbonyl (C=O) groups excluding carboxylic acids is 11. The Morgan fingerprint density at radius 3 is 1.32 bits per heavy atom. The molecule has 35 heteroatoms. The highest BCUT2D eigenvalue weighted by Crippen LogP contribution is 2.16. The number of hydrogen-bond acceptors (Lipinski definition) is 19. The van der Waals surface area contributed by atoms with E-state index in [4.69, 9.17) is 39.5 Å². The molecule has 548 valence electrons. The van der Waals surface area contributed by atoms with Crippen molar-refractivity contribution in [3.05, 3.63) is 29.8 Å². The van der Waals surface area contributed by atoms with Crippen molar-refractivity contribution in [2.75, 3.05) is 38.2 Å². The monoisotopic (exact) mass is 1390 g/mol. The number of guanidine groups is 2. The third-order valence-electron chi connectivity index (χ3n) is 15.1. The summed E-state index contributed by atoms with van der Waals surface area (Å²) in [4.78, 5) is 165. The number of carbonyl (C=O) groups is 12. The molecule has 0 aromatic heterocycles. The van der Waals surface area contributed by atoms with Crippen LogP contribution in [-0.4, -0.2) is 203 Å². The fourth-order valence-electron chi connectivity index (χ4n) is 9.74. The molecule has 0 aliphatic heterocycles. The number of amides is 11. The topological polar surface area (TPSA) is 588 Å². The Kier molecular flexibility index (Phi) is 41.5. The number of carboxylic acid groups (broad SMARTS) is 1. The summed E-state index contributed by atoms with van der Waals surface area (Å²) in [5.74, 6) is -12.7. The van der Waals surface area contributed by atoms with Crippen molar-refractivity contribution in [1.29, 1.82) is 10.8 Å². The number of unbranched alkanes of at least 4 members (excludes halogenated alkanes) is 2. The van der Waals surface area contributed by atoms with Crippen molar-refractivity contribution in [2.24, 2.45) is 46.4 Å². The second kappa shape index (κ2) is 46.6. The highest BCUT2D eigenvalue weighted by atomic mass is 32.2. The zero-order chi connectivity index (χ0) is 73.5. The Balaban J connectivity index is 3.59. The van der Waals surface area contributed by atoms with Gasteiger partial charge in [-0.15, -0.1) is 0 Å². The van der Waals surface area contributed by atoms with E-state index < -0.39 is 144 Å². The largest absolute Gasteiger partial charge is 0.508 e. The molecule has 1 rings (SSSR count). The number of nitrogens with two attached hydrogens (primary N) is 5. The predicted octanol–water partition coefficient (Wildman–Crippen LogP) is -3.59. The number of carboxylic acids is 1. The smallest absolute Gasteiger partial charge is 0.305 e. The number of primary amides is 1. The molecule has 27 N–H and O–H groups in total. The molecule has 0 aliphatic rings. The zero-order valence-corrected chi connectivity index (χ0v) is 57.9. The lowest BCUT2D eigenvalue weighted by molar-refractivity contribution is -0.142. The standard InChI is InChI=1S/C62H109N19O15S/c1-33(2)29-44(50(65)86)77-54(90)42(18-14-27-71-62(68)69)76-58(94)46(31-38-19-21-39(83)22-20-38)79-55(91)40(16-10-12-25-64)74-59(95)47(32-48(84)85)80-60(96)49(37(7)82)81-56(92)43(23-28-97-8)73-52(88)36(6)72-53(89)41(17-13-26-70-61(66)67)75-57(93)45(30-34(3)4)78-51(87)35(5)15-9-11-24-63/h19-22,33-37,40-47,49,82-83H,9-18,23-32,63-64H2,1-8H3,(H2,65,86)(H,72,89)(H,73,88)(H,74,95)(H,75,93)(H,76,94)(H,77,90)(H,78,87)(H,79,91)(H,80,96)(H,81,92)(H,84,85)(H4,66,67,70)(H4,68,69,71)/t35-,36-,37+,40-,41-,42-,43-,44-,45-,46-,47-,49-/m0/s1. The number of benzene rings is 1. The Hall–Kier alpha value is -8.57. The minimum Gasteiger partial charge on any atom is -0.508 e. The number of thioether (sulfide) groups is 1. The van der Waals surface area contributed by atoms with Crippen LogP contribution in [0.15, 0.2) is 24.3 Å². The van der Waals surface area contributed by atoms with Crippen LogP contribution in [0.5, 0.6) is 5.75 Å². The fourth-order valence-corrected chi connectivity index (χ4v) is 10.2. The van der Waals surface area contributed by atoms with Crippen LogP contribution in [0.25, 0.3) is 0 Å². The van der Waals surface area contributed by atoms with Gasteiger partial charge in [-0.1, -0.05) is 53.2 Å². The summed E-state index contributed by atoms with van der Waals surface area (Å²) in [6, 6.07) is -9.13. The number of phenols is 1. The highest BCUT2D eigenvalue weighted by Gasteiger charge is 2.37. The minimum atomic E-state index is -2.00. The summed E-state index contributed by atoms with van der Waals surface area (Å²) in [6.07, 6.45) is 1.40. The second-order valence-electron chi connectivity index (χ2n) is 24.8. The van der Waals surface area contributed by atoms with Gasteiger partial charge in [-0.3, -0.25) is 68.4 Å². The molecular formula is C62H109N19O15S. The lowest BCUT2D eigenvalue weighted by atomic mass is 9.99. The normalized spacial score (nSPS) is 14.9. The van der Waals surface area contributed by atoms with Crippen molar-refractivity contribution in [3.63, 3.8) is 0 Å². The van der Waals surface area contributed by atoms with Crippen LogP contribution < -0.4 is 92.5 Å². The third kappa shape index (κ3) is 35.8. The lowest BCUT2D eigenvalue weighted by Crippen LogP contribution is -2.62. The van der Waals surface area contributed by atoms with E-state index >= 15 is 0 Å². The summed E-state index contributed by atoms with van der Waals surface area (Å²) < 4.78 is 0. The molecule has 12 atom stereocenters. The van der Waals surface area contributed by atoms with E-state index in [-0.39, 0.29) is 125 Å². The number of aliphatic hydroxyl groups excluding tert-OH is 1. The quantitative estimate of drug-likeness (QED) is 0.0170. The molecule has 0 spiro atoms. The van der Waals surface area contributed by atoms with Crippen LogP contribution in [0.4, 0.5) is 0 Å². The molecule has 11 amide bonds. The predicted molar refractivity (Wildman–Crippen MR) is 365 cm³/mol. The average molecular weight is 1390 g/mol. The first-order chi connectivity index (χ1) is 45.6. The molecule has 1 aromatic carbocycles. The molecule has 0 radical (unpaired) electrons. The number of nitrogens with one attached hydrogen (secondary N) is 14. The fraction of sp³-hybridized carbons (Fsp3) is 0.677. The Morgan fingerprint density at radius 1 is 0.464 bits per heavy atom. The zero-order valence-electron chi connectivity index (χ0n) is 57.1. The van der Waals surface area contributed by atoms with Crippen molar-refractivity contribution >= 4 is 94.6 Å². The maximum atomic E-state index is 14.5. The number of aliphatic carboxylic acids is 1. The summed E-state index contributed by atoms with van der Waals surface area (Å²) >= 11 is 1.28. The molecule has 0 heterocycles. The molecule has 0 bridgehead atoms. The number of rotatable bonds is 49. The Labute approximate surface area is 571 Å². The van der Waals surface area contributed by atoms with E-state index in [9.17, 15) is 72.9 Å². The van der Waals surface area contributed by atoms with E-state index in [0.29, 0.717) is 37.8 Å². The SMILES string of the molecule is CSCC[C@H](NC(=O)[C@H](C)NC(=O)[C@H](CCCNC(=N)N)NC(=O)[C@H](CC(C)C)NC(=O)[C@@H](C)CCCCN)C(=O)N[C@H](C(=O)N[C@@H](CC(=O)O)C(=O)N[C@@H](CCCCN)C(=O)N[C@@H](Cc1ccc(O)cc1)C(=O)N[C@@H](CCCNC(=N)N)C(=O)N[C@@H](CC(C)C)C(N)=O)[C@@H](C)O. The van der Waals surface area contributed by atoms with Gasteiger partial charge >= 0.3 is 5.97 Å². The molecule has 0 unspecified atom stereocenters. The highest BCUT2D eigenvalue weighted by molar-refractivity contribution is 7.98. The van der Waals surface area contributed by atoms with Crippen molar-refractivity contribution in [3.8, 4) is 5.75 Å². The van der Waals surface area contributed by atoms with Crippen LogP contribution in [0.2, 0.25) is 0 Å². The van der Waals surface area contributed by atoms with Crippen LogP contribution in [-0.2, 0) is 64.0 Å².